The van der Waals surface area contributed by atoms with Gasteiger partial charge in [0, 0.05) is 24.2 Å². The summed E-state index contributed by atoms with van der Waals surface area (Å²) in [5.41, 5.74) is 4.00. The summed E-state index contributed by atoms with van der Waals surface area (Å²) in [4.78, 5) is 16.0. The first-order valence-electron chi connectivity index (χ1n) is 11.5. The number of nitrogens with two attached hydrogens (primary N) is 1. The van der Waals surface area contributed by atoms with E-state index in [9.17, 15) is 13.6 Å². The standard InChI is InChI=1S/C27H23F4N3O5/c1-33-6-7-38-22-12-19-14(11-21(22)36-2)20(4-5-34-19)39-26-17(29)8-13(9-18(26)30)23-24(31)16(28)10-15(27(32)35)25(23)37-3/h4-5,8-12,33H,6-7H2,1-3H3,(H2,32,35). The zero-order valence-electron chi connectivity index (χ0n) is 21.0. The number of hydrogen-bond donors (Lipinski definition) is 2. The van der Waals surface area contributed by atoms with Crippen LogP contribution in [0.1, 0.15) is 10.4 Å². The molecule has 0 spiro atoms. The number of likely N-dealkylation sites (N-methyl/N-ethyl adjacent to an activating group) is 1. The lowest BCUT2D eigenvalue weighted by atomic mass is 9.99. The molecule has 3 aromatic carbocycles. The molecule has 1 aromatic heterocycles. The number of primary amides is 1. The molecule has 4 aromatic rings. The van der Waals surface area contributed by atoms with Crippen molar-refractivity contribution in [3.05, 3.63) is 71.4 Å². The third-order valence-corrected chi connectivity index (χ3v) is 5.74. The number of nitrogens with one attached hydrogen (secondary N) is 1. The Kier molecular flexibility index (Phi) is 8.05. The average molecular weight is 545 g/mol. The minimum atomic E-state index is -1.48. The summed E-state index contributed by atoms with van der Waals surface area (Å²) in [6, 6.07) is 6.54. The molecule has 39 heavy (non-hydrogen) atoms. The minimum absolute atomic E-state index is 0.0381. The molecule has 0 bridgehead atoms. The second-order valence-electron chi connectivity index (χ2n) is 8.14. The van der Waals surface area contributed by atoms with Gasteiger partial charge in [-0.15, -0.1) is 0 Å². The van der Waals surface area contributed by atoms with Crippen LogP contribution in [0.5, 0.6) is 28.7 Å². The normalized spacial score (nSPS) is 10.9. The zero-order valence-corrected chi connectivity index (χ0v) is 21.0. The number of carbonyl (C=O) groups is 1. The van der Waals surface area contributed by atoms with Gasteiger partial charge in [0.2, 0.25) is 0 Å². The molecule has 12 heteroatoms. The van der Waals surface area contributed by atoms with Crippen molar-refractivity contribution in [2.75, 3.05) is 34.4 Å². The van der Waals surface area contributed by atoms with Gasteiger partial charge in [-0.05, 0) is 42.9 Å². The van der Waals surface area contributed by atoms with E-state index in [-0.39, 0.29) is 5.75 Å². The van der Waals surface area contributed by atoms with Crippen molar-refractivity contribution < 1.29 is 41.3 Å². The second kappa shape index (κ2) is 11.4. The lowest BCUT2D eigenvalue weighted by Crippen LogP contribution is -2.16. The van der Waals surface area contributed by atoms with Crippen LogP contribution in [0.2, 0.25) is 0 Å². The van der Waals surface area contributed by atoms with Crippen molar-refractivity contribution in [2.24, 2.45) is 5.73 Å². The summed E-state index contributed by atoms with van der Waals surface area (Å²) in [5.74, 6) is -7.03. The predicted molar refractivity (Wildman–Crippen MR) is 135 cm³/mol. The Morgan fingerprint density at radius 2 is 1.64 bits per heavy atom. The van der Waals surface area contributed by atoms with Crippen LogP contribution < -0.4 is 30.0 Å². The maximum Gasteiger partial charge on any atom is 0.252 e. The third-order valence-electron chi connectivity index (χ3n) is 5.74. The maximum atomic E-state index is 15.2. The summed E-state index contributed by atoms with van der Waals surface area (Å²) in [6.07, 6.45) is 1.38. The fraction of sp³-hybridized carbons (Fsp3) is 0.185. The molecule has 0 aliphatic carbocycles. The molecule has 1 heterocycles. The molecular weight excluding hydrogens is 522 g/mol. The van der Waals surface area contributed by atoms with Gasteiger partial charge in [-0.2, -0.15) is 0 Å². The predicted octanol–water partition coefficient (Wildman–Crippen LogP) is 4.96. The van der Waals surface area contributed by atoms with E-state index in [1.54, 1.807) is 19.2 Å². The van der Waals surface area contributed by atoms with Crippen molar-refractivity contribution in [1.82, 2.24) is 10.3 Å². The Morgan fingerprint density at radius 3 is 2.26 bits per heavy atom. The molecule has 3 N–H and O–H groups in total. The SMILES string of the molecule is CNCCOc1cc2nccc(Oc3c(F)cc(-c4c(F)c(F)cc(C(N)=O)c4OC)cc3F)c2cc1OC. The lowest BCUT2D eigenvalue weighted by Gasteiger charge is -2.16. The smallest absolute Gasteiger partial charge is 0.252 e. The molecule has 0 fully saturated rings. The first-order valence-corrected chi connectivity index (χ1v) is 11.5. The number of nitrogens with zero attached hydrogens (tertiary/aromatic N) is 1. The summed E-state index contributed by atoms with van der Waals surface area (Å²) < 4.78 is 81.1. The van der Waals surface area contributed by atoms with E-state index in [4.69, 9.17) is 24.7 Å². The van der Waals surface area contributed by atoms with Crippen LogP contribution in [0.25, 0.3) is 22.0 Å². The Bertz CT molecular complexity index is 1540. The highest BCUT2D eigenvalue weighted by molar-refractivity contribution is 5.98. The topological polar surface area (TPSA) is 105 Å². The Hall–Kier alpha value is -4.58. The van der Waals surface area contributed by atoms with Crippen molar-refractivity contribution in [3.8, 4) is 39.9 Å². The summed E-state index contributed by atoms with van der Waals surface area (Å²) in [5, 5.41) is 3.32. The number of aromatic nitrogens is 1. The molecule has 1 amide bonds. The molecule has 8 nitrogen and oxygen atoms in total. The zero-order chi connectivity index (χ0) is 28.3. The molecule has 204 valence electrons. The molecular formula is C27H23F4N3O5. The molecule has 0 unspecified atom stereocenters. The van der Waals surface area contributed by atoms with Crippen molar-refractivity contribution in [1.29, 1.82) is 0 Å². The molecule has 0 saturated carbocycles. The number of halogens is 4. The third kappa shape index (κ3) is 5.36. The number of amides is 1. The molecule has 0 radical (unpaired) electrons. The van der Waals surface area contributed by atoms with Gasteiger partial charge in [-0.3, -0.25) is 9.78 Å². The summed E-state index contributed by atoms with van der Waals surface area (Å²) >= 11 is 0. The fourth-order valence-corrected chi connectivity index (χ4v) is 3.93. The van der Waals surface area contributed by atoms with E-state index in [1.807, 2.05) is 0 Å². The van der Waals surface area contributed by atoms with Gasteiger partial charge in [0.25, 0.3) is 5.91 Å². The van der Waals surface area contributed by atoms with E-state index < -0.39 is 57.4 Å². The van der Waals surface area contributed by atoms with Gasteiger partial charge >= 0.3 is 0 Å². The van der Waals surface area contributed by atoms with Gasteiger partial charge < -0.3 is 30.0 Å². The quantitative estimate of drug-likeness (QED) is 0.214. The highest BCUT2D eigenvalue weighted by Crippen LogP contribution is 2.42. The Balaban J connectivity index is 1.78. The molecule has 0 atom stereocenters. The first kappa shape index (κ1) is 27.5. The number of methoxy groups -OCH3 is 2. The van der Waals surface area contributed by atoms with Crippen LogP contribution in [0.15, 0.2) is 42.6 Å². The van der Waals surface area contributed by atoms with Crippen molar-refractivity contribution in [2.45, 2.75) is 0 Å². The van der Waals surface area contributed by atoms with Crippen LogP contribution in [0.4, 0.5) is 17.6 Å². The number of ether oxygens (including phenoxy) is 4. The van der Waals surface area contributed by atoms with E-state index in [1.165, 1.54) is 19.4 Å². The van der Waals surface area contributed by atoms with Crippen LogP contribution in [0, 0.1) is 23.3 Å². The number of fused-ring (bicyclic) bond motifs is 1. The van der Waals surface area contributed by atoms with E-state index >= 15 is 8.78 Å². The van der Waals surface area contributed by atoms with E-state index in [0.717, 1.165) is 19.2 Å². The molecule has 0 aliphatic heterocycles. The highest BCUT2D eigenvalue weighted by Gasteiger charge is 2.26. The first-order chi connectivity index (χ1) is 18.7. The van der Waals surface area contributed by atoms with Gasteiger partial charge in [0.1, 0.15) is 18.1 Å². The van der Waals surface area contributed by atoms with Crippen LogP contribution in [-0.2, 0) is 0 Å². The molecule has 4 rings (SSSR count). The molecule has 0 saturated heterocycles. The van der Waals surface area contributed by atoms with Crippen LogP contribution >= 0.6 is 0 Å². The van der Waals surface area contributed by atoms with Gasteiger partial charge in [0.15, 0.2) is 40.5 Å². The van der Waals surface area contributed by atoms with Gasteiger partial charge in [-0.25, -0.2) is 17.6 Å². The summed E-state index contributed by atoms with van der Waals surface area (Å²) in [7, 11) is 4.29. The second-order valence-corrected chi connectivity index (χ2v) is 8.14. The van der Waals surface area contributed by atoms with E-state index in [0.29, 0.717) is 41.6 Å². The number of benzene rings is 3. The minimum Gasteiger partial charge on any atom is -0.495 e. The maximum absolute atomic E-state index is 15.2. The van der Waals surface area contributed by atoms with Crippen LogP contribution in [-0.4, -0.2) is 45.3 Å². The van der Waals surface area contributed by atoms with Crippen LogP contribution in [0.3, 0.4) is 0 Å². The number of rotatable bonds is 10. The van der Waals surface area contributed by atoms with Gasteiger partial charge in [-0.1, -0.05) is 0 Å². The number of carbonyl (C=O) groups excluding carboxylic acids is 1. The highest BCUT2D eigenvalue weighted by atomic mass is 19.2. The fourth-order valence-electron chi connectivity index (χ4n) is 3.93. The van der Waals surface area contributed by atoms with Crippen molar-refractivity contribution >= 4 is 16.8 Å². The molecule has 0 aliphatic rings. The van der Waals surface area contributed by atoms with Crippen molar-refractivity contribution in [3.63, 3.8) is 0 Å². The average Bonchev–Trinajstić information content (AvgIpc) is 2.91. The summed E-state index contributed by atoms with van der Waals surface area (Å²) in [6.45, 7) is 0.941. The number of pyridine rings is 1. The Labute approximate surface area is 220 Å². The monoisotopic (exact) mass is 545 g/mol. The lowest BCUT2D eigenvalue weighted by molar-refractivity contribution is 0.0997. The Morgan fingerprint density at radius 1 is 0.923 bits per heavy atom. The van der Waals surface area contributed by atoms with Gasteiger partial charge in [0.05, 0.1) is 30.9 Å². The largest absolute Gasteiger partial charge is 0.495 e. The van der Waals surface area contributed by atoms with E-state index in [2.05, 4.69) is 10.3 Å². The number of hydrogen-bond acceptors (Lipinski definition) is 7.